The Bertz CT molecular complexity index is 1000. The van der Waals surface area contributed by atoms with Gasteiger partial charge in [0.15, 0.2) is 5.82 Å². The molecule has 0 saturated carbocycles. The van der Waals surface area contributed by atoms with Crippen LogP contribution in [0.25, 0.3) is 22.5 Å². The number of ether oxygens (including phenoxy) is 3. The SMILES string of the molecule is CCC(NCC1(C)COC(c2nc(-c3ccccc3)c(-c3ccccc3)[nH]2)OC1)N1CCOCC1. The zero-order valence-electron chi connectivity index (χ0n) is 20.7. The van der Waals surface area contributed by atoms with Gasteiger partial charge in [0.05, 0.1) is 44.0 Å². The summed E-state index contributed by atoms with van der Waals surface area (Å²) in [6.07, 6.45) is 0.891. The van der Waals surface area contributed by atoms with E-state index in [0.29, 0.717) is 25.2 Å². The molecule has 1 atom stereocenters. The Balaban J connectivity index is 1.27. The van der Waals surface area contributed by atoms with E-state index in [2.05, 4.69) is 53.3 Å². The highest BCUT2D eigenvalue weighted by Gasteiger charge is 2.36. The van der Waals surface area contributed by atoms with E-state index < -0.39 is 6.29 Å². The summed E-state index contributed by atoms with van der Waals surface area (Å²) in [5.74, 6) is 0.706. The van der Waals surface area contributed by atoms with Gasteiger partial charge in [0.2, 0.25) is 6.29 Å². The quantitative estimate of drug-likeness (QED) is 0.500. The number of nitrogens with zero attached hydrogens (tertiary/aromatic N) is 2. The topological polar surface area (TPSA) is 71.6 Å². The molecule has 7 heteroatoms. The maximum atomic E-state index is 6.24. The van der Waals surface area contributed by atoms with Crippen molar-refractivity contribution < 1.29 is 14.2 Å². The third-order valence-corrected chi connectivity index (χ3v) is 6.86. The van der Waals surface area contributed by atoms with Crippen LogP contribution in [-0.2, 0) is 14.2 Å². The summed E-state index contributed by atoms with van der Waals surface area (Å²) in [4.78, 5) is 10.9. The maximum absolute atomic E-state index is 6.24. The average Bonchev–Trinajstić information content (AvgIpc) is 3.37. The molecule has 35 heavy (non-hydrogen) atoms. The molecule has 2 aromatic carbocycles. The number of hydrogen-bond donors (Lipinski definition) is 2. The Kier molecular flexibility index (Phi) is 7.60. The molecule has 2 aliphatic heterocycles. The van der Waals surface area contributed by atoms with Crippen LogP contribution in [0.2, 0.25) is 0 Å². The lowest BCUT2D eigenvalue weighted by atomic mass is 9.92. The normalized spacial score (nSPS) is 24.3. The zero-order valence-corrected chi connectivity index (χ0v) is 20.7. The van der Waals surface area contributed by atoms with E-state index in [1.807, 2.05) is 36.4 Å². The molecule has 1 aromatic heterocycles. The van der Waals surface area contributed by atoms with Crippen molar-refractivity contribution in [1.82, 2.24) is 20.2 Å². The highest BCUT2D eigenvalue weighted by molar-refractivity contribution is 5.78. The number of rotatable bonds is 8. The number of H-pyrrole nitrogens is 1. The Labute approximate surface area is 207 Å². The lowest BCUT2D eigenvalue weighted by Gasteiger charge is -2.40. The van der Waals surface area contributed by atoms with Gasteiger partial charge in [0.1, 0.15) is 0 Å². The number of aromatic amines is 1. The van der Waals surface area contributed by atoms with Crippen molar-refractivity contribution in [2.75, 3.05) is 46.1 Å². The molecule has 2 fully saturated rings. The van der Waals surface area contributed by atoms with E-state index in [0.717, 1.165) is 61.8 Å². The van der Waals surface area contributed by atoms with E-state index in [1.54, 1.807) is 0 Å². The van der Waals surface area contributed by atoms with Gasteiger partial charge in [-0.2, -0.15) is 0 Å². The molecule has 2 aliphatic rings. The fourth-order valence-corrected chi connectivity index (χ4v) is 4.81. The van der Waals surface area contributed by atoms with Crippen molar-refractivity contribution >= 4 is 0 Å². The maximum Gasteiger partial charge on any atom is 0.217 e. The van der Waals surface area contributed by atoms with Crippen molar-refractivity contribution in [2.24, 2.45) is 5.41 Å². The lowest BCUT2D eigenvalue weighted by molar-refractivity contribution is -0.233. The van der Waals surface area contributed by atoms with Crippen LogP contribution in [-0.4, -0.2) is 67.1 Å². The summed E-state index contributed by atoms with van der Waals surface area (Å²) in [5, 5.41) is 3.75. The molecule has 2 saturated heterocycles. The fraction of sp³-hybridized carbons (Fsp3) is 0.464. The second kappa shape index (κ2) is 11.0. The van der Waals surface area contributed by atoms with Gasteiger partial charge in [-0.3, -0.25) is 4.90 Å². The van der Waals surface area contributed by atoms with Crippen LogP contribution in [0.15, 0.2) is 60.7 Å². The molecule has 0 bridgehead atoms. The van der Waals surface area contributed by atoms with E-state index in [-0.39, 0.29) is 5.41 Å². The predicted molar refractivity (Wildman–Crippen MR) is 137 cm³/mol. The van der Waals surface area contributed by atoms with Gasteiger partial charge in [-0.15, -0.1) is 0 Å². The molecule has 3 heterocycles. The molecule has 5 rings (SSSR count). The number of morpholine rings is 1. The monoisotopic (exact) mass is 476 g/mol. The summed E-state index contributed by atoms with van der Waals surface area (Å²) in [6.45, 7) is 10.0. The van der Waals surface area contributed by atoms with Crippen molar-refractivity contribution in [2.45, 2.75) is 32.7 Å². The van der Waals surface area contributed by atoms with Gasteiger partial charge in [-0.1, -0.05) is 74.5 Å². The van der Waals surface area contributed by atoms with Crippen molar-refractivity contribution in [3.8, 4) is 22.5 Å². The molecule has 3 aromatic rings. The Hall–Kier alpha value is -2.55. The molecule has 7 nitrogen and oxygen atoms in total. The van der Waals surface area contributed by atoms with Crippen LogP contribution in [0.5, 0.6) is 0 Å². The van der Waals surface area contributed by atoms with E-state index in [9.17, 15) is 0 Å². The standard InChI is InChI=1S/C28H36N4O3/c1-3-23(32-14-16-33-17-15-32)29-18-28(2)19-34-27(35-20-28)26-30-24(21-10-6-4-7-11-21)25(31-26)22-12-8-5-9-13-22/h4-13,23,27,29H,3,14-20H2,1-2H3,(H,30,31). The highest BCUT2D eigenvalue weighted by atomic mass is 16.7. The molecular weight excluding hydrogens is 440 g/mol. The lowest BCUT2D eigenvalue weighted by Crippen LogP contribution is -2.54. The Morgan fingerprint density at radius 3 is 2.26 bits per heavy atom. The first kappa shape index (κ1) is 24.2. The van der Waals surface area contributed by atoms with Crippen LogP contribution in [0.4, 0.5) is 0 Å². The second-order valence-corrected chi connectivity index (χ2v) is 9.80. The first-order chi connectivity index (χ1) is 17.1. The van der Waals surface area contributed by atoms with E-state index in [1.165, 1.54) is 0 Å². The first-order valence-electron chi connectivity index (χ1n) is 12.6. The zero-order chi connectivity index (χ0) is 24.1. The number of benzene rings is 2. The molecule has 1 unspecified atom stereocenters. The molecule has 2 N–H and O–H groups in total. The predicted octanol–water partition coefficient (Wildman–Crippen LogP) is 4.45. The Morgan fingerprint density at radius 1 is 1.00 bits per heavy atom. The molecular formula is C28H36N4O3. The molecule has 0 aliphatic carbocycles. The van der Waals surface area contributed by atoms with Gasteiger partial charge < -0.3 is 24.5 Å². The summed E-state index contributed by atoms with van der Waals surface area (Å²) in [6, 6.07) is 20.5. The minimum absolute atomic E-state index is 0.104. The van der Waals surface area contributed by atoms with Gasteiger partial charge in [0, 0.05) is 36.2 Å². The van der Waals surface area contributed by atoms with Crippen LogP contribution < -0.4 is 5.32 Å². The van der Waals surface area contributed by atoms with Crippen LogP contribution in [0.1, 0.15) is 32.4 Å². The third-order valence-electron chi connectivity index (χ3n) is 6.86. The molecule has 186 valence electrons. The van der Waals surface area contributed by atoms with Crippen LogP contribution in [0, 0.1) is 5.41 Å². The average molecular weight is 477 g/mol. The molecule has 0 radical (unpaired) electrons. The minimum Gasteiger partial charge on any atom is -0.379 e. The van der Waals surface area contributed by atoms with Crippen molar-refractivity contribution in [3.63, 3.8) is 0 Å². The molecule has 0 spiro atoms. The van der Waals surface area contributed by atoms with Crippen LogP contribution >= 0.6 is 0 Å². The number of nitrogens with one attached hydrogen (secondary N) is 2. The summed E-state index contributed by atoms with van der Waals surface area (Å²) in [5.41, 5.74) is 3.93. The number of hydrogen-bond acceptors (Lipinski definition) is 6. The largest absolute Gasteiger partial charge is 0.379 e. The van der Waals surface area contributed by atoms with Crippen LogP contribution in [0.3, 0.4) is 0 Å². The van der Waals surface area contributed by atoms with Gasteiger partial charge in [0.25, 0.3) is 0 Å². The van der Waals surface area contributed by atoms with Gasteiger partial charge in [-0.25, -0.2) is 4.98 Å². The fourth-order valence-electron chi connectivity index (χ4n) is 4.81. The van der Waals surface area contributed by atoms with Crippen molar-refractivity contribution in [3.05, 3.63) is 66.5 Å². The third kappa shape index (κ3) is 5.66. The summed E-state index contributed by atoms with van der Waals surface area (Å²) in [7, 11) is 0. The number of aromatic nitrogens is 2. The smallest absolute Gasteiger partial charge is 0.217 e. The van der Waals surface area contributed by atoms with Gasteiger partial charge in [-0.05, 0) is 6.42 Å². The molecule has 0 amide bonds. The summed E-state index contributed by atoms with van der Waals surface area (Å²) < 4.78 is 18.0. The second-order valence-electron chi connectivity index (χ2n) is 9.80. The van der Waals surface area contributed by atoms with Crippen molar-refractivity contribution in [1.29, 1.82) is 0 Å². The number of imidazole rings is 1. The Morgan fingerprint density at radius 2 is 1.63 bits per heavy atom. The first-order valence-corrected chi connectivity index (χ1v) is 12.6. The van der Waals surface area contributed by atoms with E-state index >= 15 is 0 Å². The highest BCUT2D eigenvalue weighted by Crippen LogP contribution is 2.35. The summed E-state index contributed by atoms with van der Waals surface area (Å²) >= 11 is 0. The minimum atomic E-state index is -0.510. The van der Waals surface area contributed by atoms with Gasteiger partial charge >= 0.3 is 0 Å². The van der Waals surface area contributed by atoms with E-state index in [4.69, 9.17) is 19.2 Å².